The van der Waals surface area contributed by atoms with Gasteiger partial charge in [-0.15, -0.1) is 0 Å². The second-order valence-corrected chi connectivity index (χ2v) is 10.2. The third kappa shape index (κ3) is 5.01. The van der Waals surface area contributed by atoms with Crippen LogP contribution in [0.3, 0.4) is 0 Å². The standard InChI is InChI=1S/C24H23ClN2O4S/c25-19-10-8-17(9-11-19)15-22-20(24(28)29)12-13-21(26-22)23-7-4-14-27(23)32(30,31)16-18-5-2-1-3-6-18/h1-3,5-6,8-13,23H,4,7,14-16H2,(H,28,29)/t23-/m0/s1. The first-order valence-corrected chi connectivity index (χ1v) is 12.3. The molecule has 6 nitrogen and oxygen atoms in total. The lowest BCUT2D eigenvalue weighted by atomic mass is 10.0. The molecule has 1 aliphatic heterocycles. The molecule has 1 atom stereocenters. The van der Waals surface area contributed by atoms with Gasteiger partial charge in [-0.1, -0.05) is 54.1 Å². The third-order valence-electron chi connectivity index (χ3n) is 5.61. The fourth-order valence-electron chi connectivity index (χ4n) is 4.07. The molecule has 0 radical (unpaired) electrons. The van der Waals surface area contributed by atoms with Gasteiger partial charge in [0.25, 0.3) is 0 Å². The Morgan fingerprint density at radius 2 is 1.75 bits per heavy atom. The zero-order chi connectivity index (χ0) is 22.7. The molecule has 0 saturated carbocycles. The predicted octanol–water partition coefficient (Wildman–Crippen LogP) is 4.69. The average Bonchev–Trinajstić information content (AvgIpc) is 3.27. The van der Waals surface area contributed by atoms with E-state index in [9.17, 15) is 18.3 Å². The van der Waals surface area contributed by atoms with Gasteiger partial charge in [-0.3, -0.25) is 4.98 Å². The number of halogens is 1. The molecule has 2 aromatic carbocycles. The quantitative estimate of drug-likeness (QED) is 0.541. The van der Waals surface area contributed by atoms with Crippen LogP contribution in [-0.4, -0.2) is 35.3 Å². The van der Waals surface area contributed by atoms with Crippen molar-refractivity contribution in [2.45, 2.75) is 31.1 Å². The minimum atomic E-state index is -3.55. The Morgan fingerprint density at radius 1 is 1.03 bits per heavy atom. The van der Waals surface area contributed by atoms with Crippen LogP contribution in [0.4, 0.5) is 0 Å². The maximum atomic E-state index is 13.2. The van der Waals surface area contributed by atoms with Crippen molar-refractivity contribution in [2.75, 3.05) is 6.54 Å². The average molecular weight is 471 g/mol. The summed E-state index contributed by atoms with van der Waals surface area (Å²) in [6.45, 7) is 0.425. The number of sulfonamides is 1. The Bertz CT molecular complexity index is 1210. The molecule has 32 heavy (non-hydrogen) atoms. The number of pyridine rings is 1. The van der Waals surface area contributed by atoms with E-state index in [1.165, 1.54) is 10.4 Å². The summed E-state index contributed by atoms with van der Waals surface area (Å²) in [5.41, 5.74) is 2.70. The molecule has 0 unspecified atom stereocenters. The number of hydrogen-bond acceptors (Lipinski definition) is 4. The molecule has 1 aromatic heterocycles. The largest absolute Gasteiger partial charge is 0.478 e. The van der Waals surface area contributed by atoms with Crippen LogP contribution in [-0.2, 0) is 22.2 Å². The van der Waals surface area contributed by atoms with Gasteiger partial charge in [0.15, 0.2) is 0 Å². The molecular formula is C24H23ClN2O4S. The highest BCUT2D eigenvalue weighted by Crippen LogP contribution is 2.35. The molecule has 1 saturated heterocycles. The number of aromatic carboxylic acids is 1. The molecular weight excluding hydrogens is 448 g/mol. The first-order chi connectivity index (χ1) is 15.3. The highest BCUT2D eigenvalue weighted by atomic mass is 35.5. The second kappa shape index (κ2) is 9.40. The van der Waals surface area contributed by atoms with E-state index in [-0.39, 0.29) is 11.3 Å². The SMILES string of the molecule is O=C(O)c1ccc([C@@H]2CCCN2S(=O)(=O)Cc2ccccc2)nc1Cc1ccc(Cl)cc1. The summed E-state index contributed by atoms with van der Waals surface area (Å²) < 4.78 is 27.8. The molecule has 1 fully saturated rings. The van der Waals surface area contributed by atoms with Gasteiger partial charge in [0.2, 0.25) is 10.0 Å². The van der Waals surface area contributed by atoms with E-state index in [0.29, 0.717) is 35.8 Å². The topological polar surface area (TPSA) is 87.6 Å². The van der Waals surface area contributed by atoms with E-state index in [1.54, 1.807) is 30.3 Å². The number of carboxylic acids is 1. The molecule has 0 aliphatic carbocycles. The van der Waals surface area contributed by atoms with Crippen LogP contribution in [0, 0.1) is 0 Å². The molecule has 3 aromatic rings. The minimum Gasteiger partial charge on any atom is -0.478 e. The van der Waals surface area contributed by atoms with E-state index in [4.69, 9.17) is 11.6 Å². The summed E-state index contributed by atoms with van der Waals surface area (Å²) in [4.78, 5) is 16.4. The number of carboxylic acid groups (broad SMARTS) is 1. The normalized spacial score (nSPS) is 16.8. The van der Waals surface area contributed by atoms with Crippen molar-refractivity contribution in [3.63, 3.8) is 0 Å². The van der Waals surface area contributed by atoms with Gasteiger partial charge in [0.1, 0.15) is 0 Å². The molecule has 0 spiro atoms. The monoisotopic (exact) mass is 470 g/mol. The molecule has 1 aliphatic rings. The molecule has 8 heteroatoms. The van der Waals surface area contributed by atoms with Crippen molar-refractivity contribution >= 4 is 27.6 Å². The number of benzene rings is 2. The number of nitrogens with zero attached hydrogens (tertiary/aromatic N) is 2. The smallest absolute Gasteiger partial charge is 0.337 e. The Balaban J connectivity index is 1.64. The van der Waals surface area contributed by atoms with Gasteiger partial charge >= 0.3 is 5.97 Å². The molecule has 4 rings (SSSR count). The maximum Gasteiger partial charge on any atom is 0.337 e. The van der Waals surface area contributed by atoms with Gasteiger partial charge in [0, 0.05) is 18.0 Å². The van der Waals surface area contributed by atoms with Crippen LogP contribution in [0.25, 0.3) is 0 Å². The van der Waals surface area contributed by atoms with E-state index in [2.05, 4.69) is 4.98 Å². The lowest BCUT2D eigenvalue weighted by Gasteiger charge is -2.24. The highest BCUT2D eigenvalue weighted by molar-refractivity contribution is 7.88. The van der Waals surface area contributed by atoms with Gasteiger partial charge in [-0.05, 0) is 48.2 Å². The lowest BCUT2D eigenvalue weighted by Crippen LogP contribution is -2.32. The molecule has 0 bridgehead atoms. The van der Waals surface area contributed by atoms with Gasteiger partial charge in [-0.25, -0.2) is 13.2 Å². The van der Waals surface area contributed by atoms with Crippen molar-refractivity contribution in [2.24, 2.45) is 0 Å². The van der Waals surface area contributed by atoms with E-state index >= 15 is 0 Å². The lowest BCUT2D eigenvalue weighted by molar-refractivity contribution is 0.0695. The van der Waals surface area contributed by atoms with Crippen LogP contribution in [0.5, 0.6) is 0 Å². The summed E-state index contributed by atoms with van der Waals surface area (Å²) >= 11 is 5.95. The maximum absolute atomic E-state index is 13.2. The van der Waals surface area contributed by atoms with E-state index < -0.39 is 22.0 Å². The van der Waals surface area contributed by atoms with Crippen molar-refractivity contribution in [1.82, 2.24) is 9.29 Å². The minimum absolute atomic E-state index is 0.0742. The van der Waals surface area contributed by atoms with Crippen LogP contribution in [0.2, 0.25) is 5.02 Å². The molecule has 2 heterocycles. The Morgan fingerprint density at radius 3 is 2.44 bits per heavy atom. The summed E-state index contributed by atoms with van der Waals surface area (Å²) in [7, 11) is -3.55. The summed E-state index contributed by atoms with van der Waals surface area (Å²) in [6, 6.07) is 19.0. The van der Waals surface area contributed by atoms with Gasteiger partial charge in [0.05, 0.1) is 28.7 Å². The second-order valence-electron chi connectivity index (χ2n) is 7.85. The fraction of sp³-hybridized carbons (Fsp3) is 0.250. The summed E-state index contributed by atoms with van der Waals surface area (Å²) in [5.74, 6) is -1.14. The molecule has 0 amide bonds. The van der Waals surface area contributed by atoms with E-state index in [1.807, 2.05) is 30.3 Å². The number of hydrogen-bond donors (Lipinski definition) is 1. The number of carbonyl (C=O) groups is 1. The van der Waals surface area contributed by atoms with E-state index in [0.717, 1.165) is 17.5 Å². The van der Waals surface area contributed by atoms with Crippen LogP contribution in [0.15, 0.2) is 66.7 Å². The van der Waals surface area contributed by atoms with Crippen LogP contribution in [0.1, 0.15) is 51.8 Å². The summed E-state index contributed by atoms with van der Waals surface area (Å²) in [5, 5.41) is 10.2. The zero-order valence-electron chi connectivity index (χ0n) is 17.3. The molecule has 1 N–H and O–H groups in total. The van der Waals surface area contributed by atoms with Crippen LogP contribution >= 0.6 is 11.6 Å². The Hall–Kier alpha value is -2.74. The predicted molar refractivity (Wildman–Crippen MR) is 123 cm³/mol. The van der Waals surface area contributed by atoms with Gasteiger partial charge < -0.3 is 5.11 Å². The van der Waals surface area contributed by atoms with Gasteiger partial charge in [-0.2, -0.15) is 4.31 Å². The first kappa shape index (κ1) is 22.5. The Labute approximate surface area is 192 Å². The van der Waals surface area contributed by atoms with Crippen molar-refractivity contribution in [1.29, 1.82) is 0 Å². The van der Waals surface area contributed by atoms with Crippen molar-refractivity contribution < 1.29 is 18.3 Å². The third-order valence-corrected chi connectivity index (χ3v) is 7.71. The van der Waals surface area contributed by atoms with Crippen molar-refractivity contribution in [3.8, 4) is 0 Å². The van der Waals surface area contributed by atoms with Crippen molar-refractivity contribution in [3.05, 3.63) is 99.8 Å². The Kier molecular flexibility index (Phi) is 6.60. The van der Waals surface area contributed by atoms with Crippen LogP contribution < -0.4 is 0 Å². The fourth-order valence-corrected chi connectivity index (χ4v) is 5.98. The highest BCUT2D eigenvalue weighted by Gasteiger charge is 2.36. The first-order valence-electron chi connectivity index (χ1n) is 10.3. The number of rotatable bonds is 7. The summed E-state index contributed by atoms with van der Waals surface area (Å²) in [6.07, 6.45) is 1.69. The number of aromatic nitrogens is 1. The molecule has 166 valence electrons. The zero-order valence-corrected chi connectivity index (χ0v) is 18.9.